The lowest BCUT2D eigenvalue weighted by Crippen LogP contribution is -2.35. The summed E-state index contributed by atoms with van der Waals surface area (Å²) >= 11 is 0. The highest BCUT2D eigenvalue weighted by Crippen LogP contribution is 2.18. The lowest BCUT2D eigenvalue weighted by molar-refractivity contribution is -0.133. The molecule has 0 saturated heterocycles. The summed E-state index contributed by atoms with van der Waals surface area (Å²) < 4.78 is 11.1. The number of H-pyrrole nitrogens is 1. The minimum atomic E-state index is -0.212. The van der Waals surface area contributed by atoms with E-state index in [4.69, 9.17) is 9.47 Å². The zero-order valence-corrected chi connectivity index (χ0v) is 16.7. The highest BCUT2D eigenvalue weighted by Gasteiger charge is 2.15. The lowest BCUT2D eigenvalue weighted by Gasteiger charge is -2.20. The van der Waals surface area contributed by atoms with E-state index in [2.05, 4.69) is 9.97 Å². The van der Waals surface area contributed by atoms with E-state index in [0.29, 0.717) is 35.6 Å². The topological polar surface area (TPSA) is 84.5 Å². The summed E-state index contributed by atoms with van der Waals surface area (Å²) in [7, 11) is 0. The van der Waals surface area contributed by atoms with Gasteiger partial charge >= 0.3 is 0 Å². The van der Waals surface area contributed by atoms with E-state index in [9.17, 15) is 9.59 Å². The van der Waals surface area contributed by atoms with Gasteiger partial charge in [0.1, 0.15) is 17.3 Å². The van der Waals surface area contributed by atoms with E-state index < -0.39 is 0 Å². The highest BCUT2D eigenvalue weighted by molar-refractivity contribution is 5.78. The molecule has 29 heavy (non-hydrogen) atoms. The van der Waals surface area contributed by atoms with Gasteiger partial charge in [-0.2, -0.15) is 0 Å². The Kier molecular flexibility index (Phi) is 6.84. The van der Waals surface area contributed by atoms with Crippen molar-refractivity contribution in [1.29, 1.82) is 0 Å². The number of hydrogen-bond donors (Lipinski definition) is 1. The molecule has 1 N–H and O–H groups in total. The standard InChI is InChI=1S/C22H25N3O4/c1-3-13-28-16-9-11-17(12-10-16)29-15-21(26)25(4-2)14-20-23-19-8-6-5-7-18(19)22(27)24-20/h5-12H,3-4,13-15H2,1-2H3,(H,23,24,27). The van der Waals surface area contributed by atoms with Crippen LogP contribution in [0.3, 0.4) is 0 Å². The van der Waals surface area contributed by atoms with Gasteiger partial charge in [0.25, 0.3) is 11.5 Å². The molecule has 0 saturated carbocycles. The smallest absolute Gasteiger partial charge is 0.260 e. The Morgan fingerprint density at radius 2 is 1.72 bits per heavy atom. The maximum Gasteiger partial charge on any atom is 0.260 e. The molecule has 1 amide bonds. The molecule has 3 rings (SSSR count). The fourth-order valence-corrected chi connectivity index (χ4v) is 2.86. The summed E-state index contributed by atoms with van der Waals surface area (Å²) in [4.78, 5) is 33.6. The Labute approximate surface area is 169 Å². The van der Waals surface area contributed by atoms with Crippen LogP contribution in [0, 0.1) is 0 Å². The van der Waals surface area contributed by atoms with Gasteiger partial charge in [-0.1, -0.05) is 19.1 Å². The molecule has 0 spiro atoms. The van der Waals surface area contributed by atoms with Crippen molar-refractivity contribution in [3.63, 3.8) is 0 Å². The van der Waals surface area contributed by atoms with E-state index in [1.54, 1.807) is 35.2 Å². The fraction of sp³-hybridized carbons (Fsp3) is 0.318. The normalized spacial score (nSPS) is 10.7. The first-order valence-corrected chi connectivity index (χ1v) is 9.72. The van der Waals surface area contributed by atoms with Crippen LogP contribution < -0.4 is 15.0 Å². The minimum absolute atomic E-state index is 0.0964. The van der Waals surface area contributed by atoms with E-state index >= 15 is 0 Å². The number of likely N-dealkylation sites (N-methyl/N-ethyl adjacent to an activating group) is 1. The van der Waals surface area contributed by atoms with Crippen LogP contribution in [0.2, 0.25) is 0 Å². The van der Waals surface area contributed by atoms with Crippen LogP contribution in [0.5, 0.6) is 11.5 Å². The van der Waals surface area contributed by atoms with Crippen molar-refractivity contribution < 1.29 is 14.3 Å². The van der Waals surface area contributed by atoms with Crippen LogP contribution in [0.1, 0.15) is 26.1 Å². The number of para-hydroxylation sites is 1. The monoisotopic (exact) mass is 395 g/mol. The predicted octanol–water partition coefficient (Wildman–Crippen LogP) is 3.14. The van der Waals surface area contributed by atoms with Gasteiger partial charge in [-0.3, -0.25) is 9.59 Å². The molecule has 3 aromatic rings. The van der Waals surface area contributed by atoms with E-state index in [0.717, 1.165) is 12.2 Å². The third kappa shape index (κ3) is 5.34. The summed E-state index contributed by atoms with van der Waals surface area (Å²) in [6.07, 6.45) is 0.941. The van der Waals surface area contributed by atoms with E-state index in [1.165, 1.54) is 0 Å². The van der Waals surface area contributed by atoms with Crippen molar-refractivity contribution in [2.45, 2.75) is 26.8 Å². The molecule has 7 nitrogen and oxygen atoms in total. The van der Waals surface area contributed by atoms with Crippen LogP contribution in [0.4, 0.5) is 0 Å². The number of amides is 1. The number of benzene rings is 2. The van der Waals surface area contributed by atoms with Gasteiger partial charge in [-0.15, -0.1) is 0 Å². The summed E-state index contributed by atoms with van der Waals surface area (Å²) in [5.41, 5.74) is 0.395. The van der Waals surface area contributed by atoms with Crippen LogP contribution >= 0.6 is 0 Å². The van der Waals surface area contributed by atoms with Gasteiger partial charge in [0.15, 0.2) is 6.61 Å². The molecule has 1 heterocycles. The highest BCUT2D eigenvalue weighted by atomic mass is 16.5. The predicted molar refractivity (Wildman–Crippen MR) is 111 cm³/mol. The van der Waals surface area contributed by atoms with Gasteiger partial charge < -0.3 is 19.4 Å². The van der Waals surface area contributed by atoms with Crippen LogP contribution in [0.25, 0.3) is 10.9 Å². The average Bonchev–Trinajstić information content (AvgIpc) is 2.75. The largest absolute Gasteiger partial charge is 0.494 e. The van der Waals surface area contributed by atoms with Crippen molar-refractivity contribution in [1.82, 2.24) is 14.9 Å². The van der Waals surface area contributed by atoms with Gasteiger partial charge in [-0.25, -0.2) is 4.98 Å². The molecule has 0 radical (unpaired) electrons. The molecular weight excluding hydrogens is 370 g/mol. The molecule has 0 aliphatic heterocycles. The summed E-state index contributed by atoms with van der Waals surface area (Å²) in [6, 6.07) is 14.3. The molecule has 0 unspecified atom stereocenters. The maximum atomic E-state index is 12.6. The molecule has 0 fully saturated rings. The maximum absolute atomic E-state index is 12.6. The van der Waals surface area contributed by atoms with Crippen molar-refractivity contribution in [3.8, 4) is 11.5 Å². The zero-order chi connectivity index (χ0) is 20.6. The first-order valence-electron chi connectivity index (χ1n) is 9.72. The SMILES string of the molecule is CCCOc1ccc(OCC(=O)N(CC)Cc2nc3ccccc3c(=O)[nH]2)cc1. The van der Waals surface area contributed by atoms with Crippen molar-refractivity contribution in [3.05, 3.63) is 64.7 Å². The first kappa shape index (κ1) is 20.4. The number of nitrogens with zero attached hydrogens (tertiary/aromatic N) is 2. The lowest BCUT2D eigenvalue weighted by atomic mass is 10.2. The molecule has 2 aromatic carbocycles. The zero-order valence-electron chi connectivity index (χ0n) is 16.7. The van der Waals surface area contributed by atoms with Gasteiger partial charge in [0.2, 0.25) is 0 Å². The number of hydrogen-bond acceptors (Lipinski definition) is 5. The minimum Gasteiger partial charge on any atom is -0.494 e. The van der Waals surface area contributed by atoms with Crippen LogP contribution in [-0.2, 0) is 11.3 Å². The van der Waals surface area contributed by atoms with Gasteiger partial charge in [0, 0.05) is 6.54 Å². The number of fused-ring (bicyclic) bond motifs is 1. The van der Waals surface area contributed by atoms with Gasteiger partial charge in [-0.05, 0) is 49.7 Å². The first-order chi connectivity index (χ1) is 14.1. The second-order valence-corrected chi connectivity index (χ2v) is 6.55. The number of aromatic nitrogens is 2. The van der Waals surface area contributed by atoms with Crippen molar-refractivity contribution in [2.24, 2.45) is 0 Å². The molecule has 0 atom stereocenters. The molecular formula is C22H25N3O4. The molecule has 0 aliphatic carbocycles. The molecule has 152 valence electrons. The van der Waals surface area contributed by atoms with E-state index in [-0.39, 0.29) is 24.6 Å². The van der Waals surface area contributed by atoms with E-state index in [1.807, 2.05) is 32.0 Å². The average molecular weight is 395 g/mol. The van der Waals surface area contributed by atoms with Gasteiger partial charge in [0.05, 0.1) is 24.1 Å². The summed E-state index contributed by atoms with van der Waals surface area (Å²) in [5.74, 6) is 1.62. The Bertz CT molecular complexity index is 1010. The molecule has 1 aromatic heterocycles. The fourth-order valence-electron chi connectivity index (χ4n) is 2.86. The Hall–Kier alpha value is -3.35. The van der Waals surface area contributed by atoms with Crippen LogP contribution in [0.15, 0.2) is 53.3 Å². The molecule has 7 heteroatoms. The Morgan fingerprint density at radius 1 is 1.03 bits per heavy atom. The third-order valence-corrected chi connectivity index (χ3v) is 4.40. The Balaban J connectivity index is 1.61. The summed E-state index contributed by atoms with van der Waals surface area (Å²) in [6.45, 7) is 5.17. The molecule has 0 aliphatic rings. The number of nitrogens with one attached hydrogen (secondary N) is 1. The Morgan fingerprint density at radius 3 is 2.41 bits per heavy atom. The number of carbonyl (C=O) groups excluding carboxylic acids is 1. The number of aromatic amines is 1. The number of carbonyl (C=O) groups is 1. The number of ether oxygens (including phenoxy) is 2. The summed E-state index contributed by atoms with van der Waals surface area (Å²) in [5, 5.41) is 0.528. The number of rotatable bonds is 9. The second kappa shape index (κ2) is 9.73. The van der Waals surface area contributed by atoms with Crippen molar-refractivity contribution in [2.75, 3.05) is 19.8 Å². The third-order valence-electron chi connectivity index (χ3n) is 4.40. The second-order valence-electron chi connectivity index (χ2n) is 6.55. The molecule has 0 bridgehead atoms. The van der Waals surface area contributed by atoms with Crippen LogP contribution in [-0.4, -0.2) is 40.5 Å². The quantitative estimate of drug-likeness (QED) is 0.602. The van der Waals surface area contributed by atoms with Crippen molar-refractivity contribution >= 4 is 16.8 Å².